The van der Waals surface area contributed by atoms with E-state index in [9.17, 15) is 0 Å². The molecule has 0 fully saturated rings. The van der Waals surface area contributed by atoms with Crippen molar-refractivity contribution in [2.75, 3.05) is 0 Å². The van der Waals surface area contributed by atoms with E-state index in [1.54, 1.807) is 0 Å². The number of rotatable bonds is 5. The molecule has 0 spiro atoms. The van der Waals surface area contributed by atoms with E-state index in [2.05, 4.69) is 20.8 Å². The van der Waals surface area contributed by atoms with Gasteiger partial charge in [0.25, 0.3) is 0 Å². The minimum absolute atomic E-state index is 0.317. The number of hydrogen-bond donors (Lipinski definition) is 0. The van der Waals surface area contributed by atoms with Crippen molar-refractivity contribution in [3.05, 3.63) is 0 Å². The summed E-state index contributed by atoms with van der Waals surface area (Å²) in [6, 6.07) is 0. The summed E-state index contributed by atoms with van der Waals surface area (Å²) in [6.45, 7) is 6.83. The molecular weight excluding hydrogens is 160 g/mol. The molecule has 0 radical (unpaired) electrons. The summed E-state index contributed by atoms with van der Waals surface area (Å²) in [5.41, 5.74) is 0. The van der Waals surface area contributed by atoms with Crippen LogP contribution in [0.25, 0.3) is 0 Å². The van der Waals surface area contributed by atoms with E-state index in [4.69, 9.17) is 11.1 Å². The second-order valence-corrected chi connectivity index (χ2v) is 6.18. The molecule has 0 saturated heterocycles. The molecule has 0 heterocycles. The first kappa shape index (κ1) is 10.5. The van der Waals surface area contributed by atoms with Gasteiger partial charge in [-0.15, -0.1) is 0 Å². The van der Waals surface area contributed by atoms with Gasteiger partial charge in [-0.3, -0.25) is 0 Å². The Hall–Kier alpha value is 0.507. The molecule has 0 rings (SSSR count). The quantitative estimate of drug-likeness (QED) is 0.449. The van der Waals surface area contributed by atoms with E-state index < -0.39 is 0 Å². The average molecular weight is 179 g/mol. The summed E-state index contributed by atoms with van der Waals surface area (Å²) in [4.78, 5) is 0. The van der Waals surface area contributed by atoms with Crippen LogP contribution in [0.2, 0.25) is 5.04 Å². The Morgan fingerprint density at radius 2 is 2.00 bits per heavy atom. The van der Waals surface area contributed by atoms with Gasteiger partial charge >= 0.3 is 0 Å². The highest BCUT2D eigenvalue weighted by Crippen LogP contribution is 2.35. The molecule has 0 aromatic rings. The molecule has 0 aliphatic rings. The summed E-state index contributed by atoms with van der Waals surface area (Å²) in [6.07, 6.45) is 5.27. The predicted molar refractivity (Wildman–Crippen MR) is 52.6 cm³/mol. The zero-order valence-electron chi connectivity index (χ0n) is 7.41. The van der Waals surface area contributed by atoms with Crippen molar-refractivity contribution in [3.8, 4) is 0 Å². The van der Waals surface area contributed by atoms with Gasteiger partial charge in [0, 0.05) is 0 Å². The highest BCUT2D eigenvalue weighted by Gasteiger charge is 2.19. The van der Waals surface area contributed by atoms with Crippen LogP contribution in [-0.4, -0.2) is 8.83 Å². The van der Waals surface area contributed by atoms with Gasteiger partial charge in [-0.05, 0) is 11.5 Å². The van der Waals surface area contributed by atoms with Crippen molar-refractivity contribution in [1.82, 2.24) is 0 Å². The van der Waals surface area contributed by atoms with E-state index in [1.807, 2.05) is 0 Å². The molecule has 1 unspecified atom stereocenters. The first-order valence-corrected chi connectivity index (χ1v) is 7.09. The van der Waals surface area contributed by atoms with Crippen LogP contribution < -0.4 is 0 Å². The molecular formula is C8H19ClSi. The van der Waals surface area contributed by atoms with E-state index in [0.717, 1.165) is 0 Å². The maximum atomic E-state index is 5.98. The van der Waals surface area contributed by atoms with E-state index in [-0.39, 0.29) is 8.83 Å². The normalized spacial score (nSPS) is 18.0. The van der Waals surface area contributed by atoms with Gasteiger partial charge in [-0.25, -0.2) is 0 Å². The zero-order chi connectivity index (χ0) is 8.04. The SMILES string of the molecule is CCCCC(C)(CC)[SiH2]Cl. The molecule has 10 heavy (non-hydrogen) atoms. The molecule has 0 amide bonds. The van der Waals surface area contributed by atoms with Crippen LogP contribution in [0.5, 0.6) is 0 Å². The topological polar surface area (TPSA) is 0 Å². The third kappa shape index (κ3) is 3.62. The molecule has 1 atom stereocenters. The van der Waals surface area contributed by atoms with Crippen molar-refractivity contribution >= 4 is 19.9 Å². The Balaban J connectivity index is 3.58. The van der Waals surface area contributed by atoms with Crippen molar-refractivity contribution in [2.24, 2.45) is 0 Å². The molecule has 2 heteroatoms. The minimum atomic E-state index is -0.317. The second-order valence-electron chi connectivity index (χ2n) is 3.40. The van der Waals surface area contributed by atoms with Gasteiger partial charge in [-0.1, -0.05) is 40.0 Å². The fraction of sp³-hybridized carbons (Fsp3) is 1.00. The fourth-order valence-corrected chi connectivity index (χ4v) is 2.48. The zero-order valence-corrected chi connectivity index (χ0v) is 9.58. The summed E-state index contributed by atoms with van der Waals surface area (Å²) in [5, 5.41) is 0.539. The maximum Gasteiger partial charge on any atom is 0.131 e. The lowest BCUT2D eigenvalue weighted by Gasteiger charge is -2.24. The third-order valence-corrected chi connectivity index (χ3v) is 5.74. The summed E-state index contributed by atoms with van der Waals surface area (Å²) < 4.78 is 0. The van der Waals surface area contributed by atoms with Gasteiger partial charge in [0.05, 0.1) is 0 Å². The Kier molecular flexibility index (Phi) is 5.46. The van der Waals surface area contributed by atoms with Crippen molar-refractivity contribution in [3.63, 3.8) is 0 Å². The Labute approximate surface area is 71.9 Å². The molecule has 0 aromatic heterocycles. The fourth-order valence-electron chi connectivity index (χ4n) is 0.942. The molecule has 0 saturated carbocycles. The lowest BCUT2D eigenvalue weighted by atomic mass is 10.0. The van der Waals surface area contributed by atoms with Gasteiger partial charge < -0.3 is 0 Å². The molecule has 0 aliphatic heterocycles. The van der Waals surface area contributed by atoms with Crippen LogP contribution in [0.1, 0.15) is 46.5 Å². The van der Waals surface area contributed by atoms with Gasteiger partial charge in [-0.2, -0.15) is 11.1 Å². The third-order valence-electron chi connectivity index (χ3n) is 2.31. The van der Waals surface area contributed by atoms with Gasteiger partial charge in [0.15, 0.2) is 0 Å². The molecule has 0 N–H and O–H groups in total. The van der Waals surface area contributed by atoms with Crippen LogP contribution in [0.15, 0.2) is 0 Å². The van der Waals surface area contributed by atoms with Crippen molar-refractivity contribution < 1.29 is 0 Å². The van der Waals surface area contributed by atoms with Crippen LogP contribution in [0, 0.1) is 0 Å². The van der Waals surface area contributed by atoms with E-state index >= 15 is 0 Å². The largest absolute Gasteiger partial charge is 0.176 e. The second kappa shape index (κ2) is 5.20. The summed E-state index contributed by atoms with van der Waals surface area (Å²) in [7, 11) is -0.317. The number of unbranched alkanes of at least 4 members (excludes halogenated alkanes) is 1. The summed E-state index contributed by atoms with van der Waals surface area (Å²) >= 11 is 5.98. The highest BCUT2D eigenvalue weighted by molar-refractivity contribution is 6.95. The number of halogens is 1. The molecule has 0 nitrogen and oxygen atoms in total. The van der Waals surface area contributed by atoms with Gasteiger partial charge in [0.1, 0.15) is 8.83 Å². The van der Waals surface area contributed by atoms with E-state index in [1.165, 1.54) is 25.7 Å². The highest BCUT2D eigenvalue weighted by atomic mass is 35.6. The van der Waals surface area contributed by atoms with Crippen molar-refractivity contribution in [1.29, 1.82) is 0 Å². The van der Waals surface area contributed by atoms with Crippen LogP contribution in [0.3, 0.4) is 0 Å². The lowest BCUT2D eigenvalue weighted by molar-refractivity contribution is 0.513. The molecule has 0 aliphatic carbocycles. The minimum Gasteiger partial charge on any atom is -0.176 e. The number of hydrogen-bond acceptors (Lipinski definition) is 0. The molecule has 0 aromatic carbocycles. The monoisotopic (exact) mass is 178 g/mol. The molecule has 62 valence electrons. The summed E-state index contributed by atoms with van der Waals surface area (Å²) in [5.74, 6) is 0. The van der Waals surface area contributed by atoms with Crippen LogP contribution in [-0.2, 0) is 0 Å². The first-order valence-electron chi connectivity index (χ1n) is 4.24. The van der Waals surface area contributed by atoms with Crippen LogP contribution >= 0.6 is 11.1 Å². The smallest absolute Gasteiger partial charge is 0.131 e. The lowest BCUT2D eigenvalue weighted by Crippen LogP contribution is -2.11. The van der Waals surface area contributed by atoms with Crippen molar-refractivity contribution in [2.45, 2.75) is 51.5 Å². The Bertz CT molecular complexity index is 79.3. The van der Waals surface area contributed by atoms with Gasteiger partial charge in [0.2, 0.25) is 0 Å². The first-order chi connectivity index (χ1) is 4.68. The van der Waals surface area contributed by atoms with Crippen LogP contribution in [0.4, 0.5) is 0 Å². The predicted octanol–water partition coefficient (Wildman–Crippen LogP) is 3.09. The van der Waals surface area contributed by atoms with E-state index in [0.29, 0.717) is 5.04 Å². The Morgan fingerprint density at radius 1 is 1.40 bits per heavy atom. The molecule has 0 bridgehead atoms. The Morgan fingerprint density at radius 3 is 2.30 bits per heavy atom. The standard InChI is InChI=1S/C8H19ClSi/c1-4-6-7-8(3,5-2)10-9/h4-7,10H2,1-3H3. The maximum absolute atomic E-state index is 5.98. The average Bonchev–Trinajstić information content (AvgIpc) is 2.00.